The molecule has 116 valence electrons. The Morgan fingerprint density at radius 2 is 2.14 bits per heavy atom. The summed E-state index contributed by atoms with van der Waals surface area (Å²) in [4.78, 5) is 11.3. The van der Waals surface area contributed by atoms with Crippen molar-refractivity contribution in [2.45, 2.75) is 38.8 Å². The number of nitrogens with one attached hydrogen (secondary N) is 1. The first kappa shape index (κ1) is 15.9. The molecule has 1 atom stereocenters. The maximum atomic E-state index is 11.3. The van der Waals surface area contributed by atoms with Crippen molar-refractivity contribution in [1.82, 2.24) is 5.32 Å². The zero-order chi connectivity index (χ0) is 15.5. The Labute approximate surface area is 129 Å². The van der Waals surface area contributed by atoms with Crippen LogP contribution in [0, 0.1) is 0 Å². The van der Waals surface area contributed by atoms with E-state index in [9.17, 15) is 9.90 Å². The number of hydrogen-bond acceptors (Lipinski definition) is 4. The van der Waals surface area contributed by atoms with Crippen LogP contribution in [0.3, 0.4) is 0 Å². The Morgan fingerprint density at radius 3 is 2.81 bits per heavy atom. The second kappa shape index (κ2) is 6.54. The van der Waals surface area contributed by atoms with Crippen molar-refractivity contribution in [2.24, 2.45) is 0 Å². The maximum absolute atomic E-state index is 11.3. The molecule has 2 rings (SSSR count). The van der Waals surface area contributed by atoms with Crippen LogP contribution in [-0.2, 0) is 11.3 Å². The van der Waals surface area contributed by atoms with Gasteiger partial charge >= 0.3 is 5.97 Å². The fraction of sp³-hybridized carbons (Fsp3) is 0.533. The molecule has 0 aromatic heterocycles. The predicted molar refractivity (Wildman–Crippen MR) is 80.2 cm³/mol. The Hall–Kier alpha value is -1.46. The molecule has 1 aromatic rings. The fourth-order valence-corrected chi connectivity index (χ4v) is 2.32. The summed E-state index contributed by atoms with van der Waals surface area (Å²) in [5.74, 6) is 0.310. The molecular weight excluding hydrogens is 294 g/mol. The second-order valence-electron chi connectivity index (χ2n) is 5.30. The van der Waals surface area contributed by atoms with Crippen molar-refractivity contribution in [2.75, 3.05) is 13.2 Å². The van der Waals surface area contributed by atoms with E-state index in [1.54, 1.807) is 13.0 Å². The Balaban J connectivity index is 2.16. The van der Waals surface area contributed by atoms with E-state index < -0.39 is 11.5 Å². The summed E-state index contributed by atoms with van der Waals surface area (Å²) < 4.78 is 11.2. The molecule has 0 fully saturated rings. The molecule has 0 spiro atoms. The monoisotopic (exact) mass is 313 g/mol. The average molecular weight is 314 g/mol. The molecule has 6 heteroatoms. The van der Waals surface area contributed by atoms with Crippen molar-refractivity contribution in [3.63, 3.8) is 0 Å². The van der Waals surface area contributed by atoms with Gasteiger partial charge in [0, 0.05) is 13.0 Å². The van der Waals surface area contributed by atoms with Crippen LogP contribution >= 0.6 is 11.6 Å². The Morgan fingerprint density at radius 1 is 1.43 bits per heavy atom. The predicted octanol–water partition coefficient (Wildman–Crippen LogP) is 2.84. The van der Waals surface area contributed by atoms with Gasteiger partial charge < -0.3 is 14.6 Å². The number of ether oxygens (including phenoxy) is 2. The van der Waals surface area contributed by atoms with E-state index in [-0.39, 0.29) is 0 Å². The van der Waals surface area contributed by atoms with Crippen LogP contribution in [-0.4, -0.2) is 29.8 Å². The van der Waals surface area contributed by atoms with E-state index in [0.29, 0.717) is 42.7 Å². The van der Waals surface area contributed by atoms with Crippen LogP contribution in [0.1, 0.15) is 32.3 Å². The first-order chi connectivity index (χ1) is 9.96. The van der Waals surface area contributed by atoms with Crippen molar-refractivity contribution in [3.05, 3.63) is 22.7 Å². The van der Waals surface area contributed by atoms with Crippen molar-refractivity contribution >= 4 is 17.6 Å². The molecule has 21 heavy (non-hydrogen) atoms. The van der Waals surface area contributed by atoms with Gasteiger partial charge in [-0.15, -0.1) is 0 Å². The van der Waals surface area contributed by atoms with E-state index in [0.717, 1.165) is 12.0 Å². The summed E-state index contributed by atoms with van der Waals surface area (Å²) in [6.07, 6.45) is 1.30. The molecule has 0 saturated carbocycles. The van der Waals surface area contributed by atoms with Gasteiger partial charge in [-0.25, -0.2) is 0 Å². The molecule has 0 radical (unpaired) electrons. The standard InChI is InChI=1S/C15H20ClNO4/c1-3-15(2,14(18)19)17-9-10-7-11(16)13-12(8-10)20-5-4-6-21-13/h7-8,17H,3-6,9H2,1-2H3,(H,18,19). The van der Waals surface area contributed by atoms with Gasteiger partial charge in [-0.05, 0) is 31.0 Å². The minimum atomic E-state index is -0.962. The third kappa shape index (κ3) is 3.60. The van der Waals surface area contributed by atoms with E-state index >= 15 is 0 Å². The highest BCUT2D eigenvalue weighted by Gasteiger charge is 2.30. The minimum absolute atomic E-state index is 0.396. The number of aliphatic carboxylic acids is 1. The van der Waals surface area contributed by atoms with Crippen LogP contribution in [0.15, 0.2) is 12.1 Å². The highest BCUT2D eigenvalue weighted by molar-refractivity contribution is 6.32. The highest BCUT2D eigenvalue weighted by Crippen LogP contribution is 2.38. The van der Waals surface area contributed by atoms with Gasteiger partial charge in [0.2, 0.25) is 0 Å². The zero-order valence-electron chi connectivity index (χ0n) is 12.2. The summed E-state index contributed by atoms with van der Waals surface area (Å²) >= 11 is 6.22. The van der Waals surface area contributed by atoms with Gasteiger partial charge in [-0.3, -0.25) is 10.1 Å². The normalized spacial score (nSPS) is 16.9. The molecule has 5 nitrogen and oxygen atoms in total. The van der Waals surface area contributed by atoms with Gasteiger partial charge in [0.25, 0.3) is 0 Å². The molecule has 0 saturated heterocycles. The number of fused-ring (bicyclic) bond motifs is 1. The maximum Gasteiger partial charge on any atom is 0.323 e. The molecule has 1 aromatic carbocycles. The number of rotatable bonds is 5. The first-order valence-electron chi connectivity index (χ1n) is 7.02. The molecule has 1 aliphatic heterocycles. The molecular formula is C15H20ClNO4. The minimum Gasteiger partial charge on any atom is -0.489 e. The van der Waals surface area contributed by atoms with Gasteiger partial charge in [-0.2, -0.15) is 0 Å². The average Bonchev–Trinajstić information content (AvgIpc) is 2.70. The molecule has 0 aliphatic carbocycles. The number of benzene rings is 1. The van der Waals surface area contributed by atoms with Gasteiger partial charge in [-0.1, -0.05) is 18.5 Å². The third-order valence-electron chi connectivity index (χ3n) is 3.72. The lowest BCUT2D eigenvalue weighted by Crippen LogP contribution is -2.48. The van der Waals surface area contributed by atoms with E-state index in [1.165, 1.54) is 0 Å². The number of carboxylic acids is 1. The van der Waals surface area contributed by atoms with E-state index in [1.807, 2.05) is 13.0 Å². The van der Waals surface area contributed by atoms with Crippen LogP contribution in [0.2, 0.25) is 5.02 Å². The fourth-order valence-electron chi connectivity index (χ4n) is 2.04. The van der Waals surface area contributed by atoms with Crippen LogP contribution < -0.4 is 14.8 Å². The van der Waals surface area contributed by atoms with E-state index in [2.05, 4.69) is 5.32 Å². The SMILES string of the molecule is CCC(C)(NCc1cc(Cl)c2c(c1)OCCCO2)C(=O)O. The molecule has 0 amide bonds. The van der Waals surface area contributed by atoms with Gasteiger partial charge in [0.1, 0.15) is 5.54 Å². The van der Waals surface area contributed by atoms with Gasteiger partial charge in [0.05, 0.1) is 18.2 Å². The summed E-state index contributed by atoms with van der Waals surface area (Å²) in [5.41, 5.74) is -0.0958. The third-order valence-corrected chi connectivity index (χ3v) is 4.00. The van der Waals surface area contributed by atoms with Crippen LogP contribution in [0.4, 0.5) is 0 Å². The van der Waals surface area contributed by atoms with Crippen molar-refractivity contribution in [1.29, 1.82) is 0 Å². The summed E-state index contributed by atoms with van der Waals surface area (Å²) in [6.45, 7) is 5.06. The smallest absolute Gasteiger partial charge is 0.323 e. The summed E-state index contributed by atoms with van der Waals surface area (Å²) in [5, 5.41) is 12.8. The van der Waals surface area contributed by atoms with E-state index in [4.69, 9.17) is 21.1 Å². The Bertz CT molecular complexity index is 535. The second-order valence-corrected chi connectivity index (χ2v) is 5.71. The molecule has 1 aliphatic rings. The number of hydrogen-bond donors (Lipinski definition) is 2. The Kier molecular flexibility index (Phi) is 4.96. The summed E-state index contributed by atoms with van der Waals surface area (Å²) in [6, 6.07) is 3.62. The topological polar surface area (TPSA) is 67.8 Å². The van der Waals surface area contributed by atoms with Crippen molar-refractivity contribution in [3.8, 4) is 11.5 Å². The molecule has 1 unspecified atom stereocenters. The number of carboxylic acid groups (broad SMARTS) is 1. The van der Waals surface area contributed by atoms with Crippen LogP contribution in [0.25, 0.3) is 0 Å². The molecule has 1 heterocycles. The quantitative estimate of drug-likeness (QED) is 0.875. The van der Waals surface area contributed by atoms with Crippen molar-refractivity contribution < 1.29 is 19.4 Å². The number of carbonyl (C=O) groups is 1. The molecule has 2 N–H and O–H groups in total. The lowest BCUT2D eigenvalue weighted by molar-refractivity contribution is -0.144. The lowest BCUT2D eigenvalue weighted by atomic mass is 9.99. The van der Waals surface area contributed by atoms with Gasteiger partial charge in [0.15, 0.2) is 11.5 Å². The highest BCUT2D eigenvalue weighted by atomic mass is 35.5. The lowest BCUT2D eigenvalue weighted by Gasteiger charge is -2.25. The zero-order valence-corrected chi connectivity index (χ0v) is 13.0. The largest absolute Gasteiger partial charge is 0.489 e. The number of halogens is 1. The first-order valence-corrected chi connectivity index (χ1v) is 7.40. The van der Waals surface area contributed by atoms with Crippen LogP contribution in [0.5, 0.6) is 11.5 Å². The molecule has 0 bridgehead atoms. The summed E-state index contributed by atoms with van der Waals surface area (Å²) in [7, 11) is 0.